The van der Waals surface area contributed by atoms with E-state index in [0.717, 1.165) is 0 Å². The lowest BCUT2D eigenvalue weighted by Gasteiger charge is -1.88. The second kappa shape index (κ2) is 3.58. The fourth-order valence-corrected chi connectivity index (χ4v) is 1.25. The fraction of sp³-hybridized carbons (Fsp3) is 0.167. The van der Waals surface area contributed by atoms with E-state index in [0.29, 0.717) is 0 Å². The van der Waals surface area contributed by atoms with Crippen molar-refractivity contribution in [3.63, 3.8) is 0 Å². The zero-order chi connectivity index (χ0) is 9.10. The van der Waals surface area contributed by atoms with Crippen molar-refractivity contribution < 1.29 is 4.74 Å². The molecule has 13 heavy (non-hydrogen) atoms. The SMILES string of the molecule is C=C[C@@H]1O[C@@H]1/C=C/c1ccccc1. The van der Waals surface area contributed by atoms with Crippen LogP contribution in [0.3, 0.4) is 0 Å². The highest BCUT2D eigenvalue weighted by Crippen LogP contribution is 2.24. The number of rotatable bonds is 3. The Morgan fingerprint density at radius 2 is 1.92 bits per heavy atom. The summed E-state index contributed by atoms with van der Waals surface area (Å²) in [6.07, 6.45) is 6.47. The van der Waals surface area contributed by atoms with Gasteiger partial charge in [0.25, 0.3) is 0 Å². The molecular formula is C12H12O. The molecule has 2 atom stereocenters. The molecule has 1 saturated heterocycles. The highest BCUT2D eigenvalue weighted by Gasteiger charge is 2.32. The first kappa shape index (κ1) is 8.27. The van der Waals surface area contributed by atoms with Crippen LogP contribution in [0, 0.1) is 0 Å². The van der Waals surface area contributed by atoms with Crippen molar-refractivity contribution in [2.75, 3.05) is 0 Å². The maximum absolute atomic E-state index is 5.28. The Kier molecular flexibility index (Phi) is 2.28. The number of benzene rings is 1. The fourth-order valence-electron chi connectivity index (χ4n) is 1.25. The highest BCUT2D eigenvalue weighted by molar-refractivity contribution is 5.50. The van der Waals surface area contributed by atoms with Crippen LogP contribution in [0.1, 0.15) is 5.56 Å². The van der Waals surface area contributed by atoms with Crippen LogP contribution in [0.25, 0.3) is 6.08 Å². The molecule has 0 N–H and O–H groups in total. The van der Waals surface area contributed by atoms with E-state index in [1.165, 1.54) is 5.56 Å². The minimum absolute atomic E-state index is 0.236. The molecule has 0 radical (unpaired) electrons. The standard InChI is InChI=1S/C12H12O/c1-2-11-12(13-11)9-8-10-6-4-3-5-7-10/h2-9,11-12H,1H2/b9-8+/t11-,12+/m0/s1. The summed E-state index contributed by atoms with van der Waals surface area (Å²) in [7, 11) is 0. The number of hydrogen-bond donors (Lipinski definition) is 0. The van der Waals surface area contributed by atoms with E-state index >= 15 is 0 Å². The summed E-state index contributed by atoms with van der Waals surface area (Å²) in [5.41, 5.74) is 1.21. The molecule has 2 rings (SSSR count). The van der Waals surface area contributed by atoms with Crippen LogP contribution in [0.15, 0.2) is 49.1 Å². The number of epoxide rings is 1. The summed E-state index contributed by atoms with van der Waals surface area (Å²) in [6.45, 7) is 3.67. The van der Waals surface area contributed by atoms with Crippen molar-refractivity contribution in [2.45, 2.75) is 12.2 Å². The second-order valence-corrected chi connectivity index (χ2v) is 3.07. The second-order valence-electron chi connectivity index (χ2n) is 3.07. The van der Waals surface area contributed by atoms with Gasteiger partial charge in [0.05, 0.1) is 0 Å². The molecule has 1 heteroatoms. The van der Waals surface area contributed by atoms with Gasteiger partial charge in [-0.3, -0.25) is 0 Å². The van der Waals surface area contributed by atoms with Crippen LogP contribution in [0.4, 0.5) is 0 Å². The summed E-state index contributed by atoms with van der Waals surface area (Å²) in [5.74, 6) is 0. The van der Waals surface area contributed by atoms with Gasteiger partial charge in [0.15, 0.2) is 0 Å². The van der Waals surface area contributed by atoms with Gasteiger partial charge in [0.1, 0.15) is 12.2 Å². The third kappa shape index (κ3) is 2.07. The van der Waals surface area contributed by atoms with Crippen LogP contribution in [0.5, 0.6) is 0 Å². The van der Waals surface area contributed by atoms with E-state index in [1.54, 1.807) is 0 Å². The first-order valence-electron chi connectivity index (χ1n) is 4.41. The molecule has 0 bridgehead atoms. The Labute approximate surface area is 78.3 Å². The van der Waals surface area contributed by atoms with Gasteiger partial charge in [-0.2, -0.15) is 0 Å². The minimum Gasteiger partial charge on any atom is -0.361 e. The average molecular weight is 172 g/mol. The molecule has 0 amide bonds. The summed E-state index contributed by atoms with van der Waals surface area (Å²) < 4.78 is 5.28. The molecule has 0 aromatic heterocycles. The topological polar surface area (TPSA) is 12.5 Å². The molecule has 1 heterocycles. The lowest BCUT2D eigenvalue weighted by Crippen LogP contribution is -1.82. The van der Waals surface area contributed by atoms with Gasteiger partial charge in [-0.25, -0.2) is 0 Å². The molecule has 66 valence electrons. The van der Waals surface area contributed by atoms with Crippen LogP contribution in [-0.2, 0) is 4.74 Å². The quantitative estimate of drug-likeness (QED) is 0.504. The zero-order valence-corrected chi connectivity index (χ0v) is 7.39. The summed E-state index contributed by atoms with van der Waals surface area (Å²) >= 11 is 0. The third-order valence-corrected chi connectivity index (χ3v) is 2.07. The van der Waals surface area contributed by atoms with Crippen LogP contribution >= 0.6 is 0 Å². The van der Waals surface area contributed by atoms with Crippen LogP contribution < -0.4 is 0 Å². The van der Waals surface area contributed by atoms with Gasteiger partial charge in [0, 0.05) is 0 Å². The maximum atomic E-state index is 5.28. The molecule has 1 aliphatic rings. The van der Waals surface area contributed by atoms with Crippen LogP contribution in [0.2, 0.25) is 0 Å². The maximum Gasteiger partial charge on any atom is 0.107 e. The number of ether oxygens (including phenoxy) is 1. The average Bonchev–Trinajstić information content (AvgIpc) is 2.95. The van der Waals surface area contributed by atoms with E-state index in [9.17, 15) is 0 Å². The smallest absolute Gasteiger partial charge is 0.107 e. The Bertz CT molecular complexity index is 313. The van der Waals surface area contributed by atoms with E-state index in [2.05, 4.69) is 30.9 Å². The molecule has 0 saturated carbocycles. The minimum atomic E-state index is 0.236. The van der Waals surface area contributed by atoms with Crippen molar-refractivity contribution in [1.29, 1.82) is 0 Å². The highest BCUT2D eigenvalue weighted by atomic mass is 16.6. The first-order valence-corrected chi connectivity index (χ1v) is 4.41. The molecule has 1 aromatic rings. The largest absolute Gasteiger partial charge is 0.361 e. The normalized spacial score (nSPS) is 26.2. The van der Waals surface area contributed by atoms with Gasteiger partial charge in [0.2, 0.25) is 0 Å². The van der Waals surface area contributed by atoms with Gasteiger partial charge in [-0.15, -0.1) is 6.58 Å². The van der Waals surface area contributed by atoms with E-state index in [4.69, 9.17) is 4.74 Å². The summed E-state index contributed by atoms with van der Waals surface area (Å²) in [5, 5.41) is 0. The molecule has 1 nitrogen and oxygen atoms in total. The molecule has 0 spiro atoms. The Balaban J connectivity index is 1.96. The Hall–Kier alpha value is -1.34. The molecule has 1 fully saturated rings. The Morgan fingerprint density at radius 3 is 2.54 bits per heavy atom. The van der Waals surface area contributed by atoms with Gasteiger partial charge in [-0.1, -0.05) is 48.6 Å². The predicted molar refractivity (Wildman–Crippen MR) is 54.3 cm³/mol. The zero-order valence-electron chi connectivity index (χ0n) is 7.39. The Morgan fingerprint density at radius 1 is 1.15 bits per heavy atom. The molecule has 1 aromatic carbocycles. The van der Waals surface area contributed by atoms with Crippen molar-refractivity contribution in [3.05, 3.63) is 54.6 Å². The van der Waals surface area contributed by atoms with Crippen molar-refractivity contribution >= 4 is 6.08 Å². The lowest BCUT2D eigenvalue weighted by atomic mass is 10.2. The molecular weight excluding hydrogens is 160 g/mol. The van der Waals surface area contributed by atoms with E-state index in [1.807, 2.05) is 24.3 Å². The first-order chi connectivity index (χ1) is 6.40. The molecule has 0 unspecified atom stereocenters. The summed E-state index contributed by atoms with van der Waals surface area (Å²) in [4.78, 5) is 0. The van der Waals surface area contributed by atoms with E-state index < -0.39 is 0 Å². The monoisotopic (exact) mass is 172 g/mol. The van der Waals surface area contributed by atoms with Gasteiger partial charge < -0.3 is 4.74 Å². The van der Waals surface area contributed by atoms with E-state index in [-0.39, 0.29) is 12.2 Å². The third-order valence-electron chi connectivity index (χ3n) is 2.07. The lowest BCUT2D eigenvalue weighted by molar-refractivity contribution is 0.414. The van der Waals surface area contributed by atoms with Crippen molar-refractivity contribution in [2.24, 2.45) is 0 Å². The number of hydrogen-bond acceptors (Lipinski definition) is 1. The van der Waals surface area contributed by atoms with Gasteiger partial charge >= 0.3 is 0 Å². The van der Waals surface area contributed by atoms with Crippen LogP contribution in [-0.4, -0.2) is 12.2 Å². The molecule has 1 aliphatic heterocycles. The van der Waals surface area contributed by atoms with Crippen molar-refractivity contribution in [3.8, 4) is 0 Å². The molecule has 0 aliphatic carbocycles. The van der Waals surface area contributed by atoms with Crippen molar-refractivity contribution in [1.82, 2.24) is 0 Å². The predicted octanol–water partition coefficient (Wildman–Crippen LogP) is 2.65. The van der Waals surface area contributed by atoms with Gasteiger partial charge in [-0.05, 0) is 5.56 Å². The summed E-state index contributed by atoms with van der Waals surface area (Å²) in [6, 6.07) is 10.2.